The van der Waals surface area contributed by atoms with E-state index in [9.17, 15) is 4.79 Å². The van der Waals surface area contributed by atoms with E-state index in [1.165, 1.54) is 11.1 Å². The summed E-state index contributed by atoms with van der Waals surface area (Å²) in [5, 5.41) is 15.2. The molecule has 8 nitrogen and oxygen atoms in total. The van der Waals surface area contributed by atoms with Crippen LogP contribution in [0.25, 0.3) is 11.0 Å². The van der Waals surface area contributed by atoms with E-state index in [1.54, 1.807) is 17.1 Å². The maximum atomic E-state index is 13.3. The zero-order valence-electron chi connectivity index (χ0n) is 18.3. The Hall–Kier alpha value is -2.94. The minimum atomic E-state index is -0.0166. The van der Waals surface area contributed by atoms with Crippen molar-refractivity contribution < 1.29 is 0 Å². The Bertz CT molecular complexity index is 1250. The van der Waals surface area contributed by atoms with Crippen molar-refractivity contribution in [1.82, 2.24) is 29.9 Å². The van der Waals surface area contributed by atoms with Gasteiger partial charge in [0.1, 0.15) is 5.65 Å². The first-order valence-corrected chi connectivity index (χ1v) is 10.6. The summed E-state index contributed by atoms with van der Waals surface area (Å²) in [5.41, 5.74) is 5.00. The van der Waals surface area contributed by atoms with Gasteiger partial charge in [-0.05, 0) is 37.1 Å². The smallest absolute Gasteiger partial charge is 0.196 e. The lowest BCUT2D eigenvalue weighted by molar-refractivity contribution is 0.624. The molecule has 0 amide bonds. The van der Waals surface area contributed by atoms with Gasteiger partial charge in [-0.3, -0.25) is 4.79 Å². The normalized spacial score (nSPS) is 12.8. The standard InChI is InChI=1S/C23H25N7O.2ClH/c1-24-6-8-29-14-18(15-30-9-7-26-28-30)22(31)21-12-20(13-25-23(21)29)27-19-10-16-4-2-3-5-17(16)11-19;;/h2-5,7,9,12-14,19,24,27H,6,8,10-11,15H2,1H3;2*1H. The molecule has 10 heteroatoms. The second-order valence-electron chi connectivity index (χ2n) is 7.99. The summed E-state index contributed by atoms with van der Waals surface area (Å²) in [6.07, 6.45) is 9.05. The molecule has 0 aliphatic heterocycles. The van der Waals surface area contributed by atoms with Gasteiger partial charge in [0.15, 0.2) is 5.43 Å². The van der Waals surface area contributed by atoms with Gasteiger partial charge in [-0.15, -0.1) is 29.9 Å². The largest absolute Gasteiger partial charge is 0.380 e. The van der Waals surface area contributed by atoms with Gasteiger partial charge in [-0.25, -0.2) is 9.67 Å². The summed E-state index contributed by atoms with van der Waals surface area (Å²) in [6.45, 7) is 1.88. The molecule has 3 heterocycles. The topological polar surface area (TPSA) is 89.7 Å². The number of benzene rings is 1. The summed E-state index contributed by atoms with van der Waals surface area (Å²) >= 11 is 0. The van der Waals surface area contributed by atoms with Crippen LogP contribution >= 0.6 is 24.8 Å². The summed E-state index contributed by atoms with van der Waals surface area (Å²) < 4.78 is 3.70. The third-order valence-electron chi connectivity index (χ3n) is 5.82. The average Bonchev–Trinajstić information content (AvgIpc) is 3.44. The Morgan fingerprint density at radius 3 is 2.58 bits per heavy atom. The van der Waals surface area contributed by atoms with Crippen molar-refractivity contribution in [2.45, 2.75) is 32.0 Å². The summed E-state index contributed by atoms with van der Waals surface area (Å²) in [5.74, 6) is 0. The van der Waals surface area contributed by atoms with Gasteiger partial charge in [0.05, 0.1) is 30.0 Å². The number of hydrogen-bond acceptors (Lipinski definition) is 6. The van der Waals surface area contributed by atoms with Crippen LogP contribution in [0, 0.1) is 0 Å². The van der Waals surface area contributed by atoms with Crippen LogP contribution in [0.3, 0.4) is 0 Å². The number of likely N-dealkylation sites (N-methyl/N-ethyl adjacent to an activating group) is 1. The fraction of sp³-hybridized carbons (Fsp3) is 0.304. The van der Waals surface area contributed by atoms with Crippen LogP contribution in [0.5, 0.6) is 0 Å². The maximum Gasteiger partial charge on any atom is 0.196 e. The van der Waals surface area contributed by atoms with Gasteiger partial charge in [0.2, 0.25) is 0 Å². The minimum Gasteiger partial charge on any atom is -0.380 e. The molecule has 1 aromatic carbocycles. The Balaban J connectivity index is 0.00000153. The molecule has 4 aromatic rings. The Kier molecular flexibility index (Phi) is 8.07. The zero-order chi connectivity index (χ0) is 21.2. The molecule has 0 radical (unpaired) electrons. The van der Waals surface area contributed by atoms with Crippen molar-refractivity contribution in [2.24, 2.45) is 0 Å². The lowest BCUT2D eigenvalue weighted by atomic mass is 10.1. The third kappa shape index (κ3) is 5.19. The van der Waals surface area contributed by atoms with Gasteiger partial charge in [0.25, 0.3) is 0 Å². The number of halogens is 2. The van der Waals surface area contributed by atoms with Crippen LogP contribution in [0.4, 0.5) is 5.69 Å². The van der Waals surface area contributed by atoms with Crippen molar-refractivity contribution in [1.29, 1.82) is 0 Å². The van der Waals surface area contributed by atoms with Crippen molar-refractivity contribution in [3.63, 3.8) is 0 Å². The Morgan fingerprint density at radius 2 is 1.91 bits per heavy atom. The van der Waals surface area contributed by atoms with Gasteiger partial charge >= 0.3 is 0 Å². The first kappa shape index (κ1) is 24.7. The van der Waals surface area contributed by atoms with Crippen molar-refractivity contribution in [3.8, 4) is 0 Å². The van der Waals surface area contributed by atoms with Crippen LogP contribution in [0.15, 0.2) is 59.9 Å². The molecule has 1 aliphatic rings. The highest BCUT2D eigenvalue weighted by molar-refractivity contribution is 5.85. The van der Waals surface area contributed by atoms with E-state index in [1.807, 2.05) is 30.1 Å². The van der Waals surface area contributed by atoms with Crippen molar-refractivity contribution >= 4 is 41.5 Å². The first-order chi connectivity index (χ1) is 15.2. The molecular weight excluding hydrogens is 461 g/mol. The quantitative estimate of drug-likeness (QED) is 0.416. The van der Waals surface area contributed by atoms with E-state index in [0.717, 1.165) is 31.6 Å². The van der Waals surface area contributed by atoms with E-state index >= 15 is 0 Å². The second-order valence-corrected chi connectivity index (χ2v) is 7.99. The highest BCUT2D eigenvalue weighted by Gasteiger charge is 2.21. The lowest BCUT2D eigenvalue weighted by Gasteiger charge is -2.16. The third-order valence-corrected chi connectivity index (χ3v) is 5.82. The van der Waals surface area contributed by atoms with Gasteiger partial charge in [0, 0.05) is 37.1 Å². The molecule has 5 rings (SSSR count). The highest BCUT2D eigenvalue weighted by Crippen LogP contribution is 2.25. The number of hydrogen-bond donors (Lipinski definition) is 2. The summed E-state index contributed by atoms with van der Waals surface area (Å²) in [4.78, 5) is 18.0. The second kappa shape index (κ2) is 10.8. The molecule has 3 aromatic heterocycles. The number of fused-ring (bicyclic) bond motifs is 2. The molecule has 174 valence electrons. The highest BCUT2D eigenvalue weighted by atomic mass is 35.5. The molecule has 2 N–H and O–H groups in total. The monoisotopic (exact) mass is 487 g/mol. The van der Waals surface area contributed by atoms with E-state index in [-0.39, 0.29) is 30.2 Å². The predicted octanol–water partition coefficient (Wildman–Crippen LogP) is 2.68. The number of anilines is 1. The van der Waals surface area contributed by atoms with Crippen LogP contribution in [0.2, 0.25) is 0 Å². The van der Waals surface area contributed by atoms with Crippen molar-refractivity contribution in [2.75, 3.05) is 18.9 Å². The van der Waals surface area contributed by atoms with E-state index < -0.39 is 0 Å². The van der Waals surface area contributed by atoms with Crippen LogP contribution in [0.1, 0.15) is 16.7 Å². The van der Waals surface area contributed by atoms with E-state index in [2.05, 4.69) is 50.2 Å². The molecule has 0 saturated carbocycles. The number of nitrogens with zero attached hydrogens (tertiary/aromatic N) is 5. The minimum absolute atomic E-state index is 0. The molecule has 1 aliphatic carbocycles. The fourth-order valence-corrected chi connectivity index (χ4v) is 4.32. The molecule has 0 fully saturated rings. The molecule has 0 spiro atoms. The molecule has 0 unspecified atom stereocenters. The molecule has 0 bridgehead atoms. The molecule has 0 saturated heterocycles. The summed E-state index contributed by atoms with van der Waals surface area (Å²) in [7, 11) is 1.91. The molecular formula is C23H27Cl2N7O. The van der Waals surface area contributed by atoms with Gasteiger partial charge in [-0.2, -0.15) is 0 Å². The van der Waals surface area contributed by atoms with E-state index in [0.29, 0.717) is 29.2 Å². The van der Waals surface area contributed by atoms with Crippen molar-refractivity contribution in [3.05, 3.63) is 82.0 Å². The van der Waals surface area contributed by atoms with Gasteiger partial charge in [-0.1, -0.05) is 29.5 Å². The zero-order valence-corrected chi connectivity index (χ0v) is 19.9. The Morgan fingerprint density at radius 1 is 1.15 bits per heavy atom. The van der Waals surface area contributed by atoms with Gasteiger partial charge < -0.3 is 15.2 Å². The number of pyridine rings is 2. The number of rotatable bonds is 7. The first-order valence-electron chi connectivity index (χ1n) is 10.6. The number of nitrogens with one attached hydrogen (secondary N) is 2. The average molecular weight is 488 g/mol. The van der Waals surface area contributed by atoms with Crippen LogP contribution in [-0.2, 0) is 25.9 Å². The molecule has 33 heavy (non-hydrogen) atoms. The Labute approximate surface area is 204 Å². The maximum absolute atomic E-state index is 13.3. The fourth-order valence-electron chi connectivity index (χ4n) is 4.32. The number of aromatic nitrogens is 5. The lowest BCUT2D eigenvalue weighted by Crippen LogP contribution is -2.23. The summed E-state index contributed by atoms with van der Waals surface area (Å²) in [6, 6.07) is 10.8. The SMILES string of the molecule is CNCCn1cc(Cn2ccnn2)c(=O)c2cc(NC3Cc4ccccc4C3)cnc21.Cl.Cl. The van der Waals surface area contributed by atoms with Crippen LogP contribution < -0.4 is 16.1 Å². The van der Waals surface area contributed by atoms with E-state index in [4.69, 9.17) is 0 Å². The molecule has 0 atom stereocenters. The van der Waals surface area contributed by atoms with Crippen LogP contribution in [-0.4, -0.2) is 44.2 Å². The predicted molar refractivity (Wildman–Crippen MR) is 135 cm³/mol.